The first-order valence-corrected chi connectivity index (χ1v) is 6.51. The quantitative estimate of drug-likeness (QED) is 0.932. The van der Waals surface area contributed by atoms with Gasteiger partial charge in [0.25, 0.3) is 5.91 Å². The van der Waals surface area contributed by atoms with Crippen LogP contribution in [0.4, 0.5) is 4.39 Å². The third-order valence-electron chi connectivity index (χ3n) is 3.29. The first-order chi connectivity index (χ1) is 9.74. The molecule has 4 heteroatoms. The Balaban J connectivity index is 1.89. The molecule has 0 saturated heterocycles. The minimum absolute atomic E-state index is 0.200. The molecule has 1 N–H and O–H groups in total. The van der Waals surface area contributed by atoms with Crippen LogP contribution in [0.15, 0.2) is 42.5 Å². The Kier molecular flexibility index (Phi) is 3.37. The number of carbonyl (C=O) groups is 1. The van der Waals surface area contributed by atoms with Gasteiger partial charge < -0.3 is 10.1 Å². The summed E-state index contributed by atoms with van der Waals surface area (Å²) in [5, 5.41) is 2.75. The van der Waals surface area contributed by atoms with Crippen LogP contribution >= 0.6 is 0 Å². The SMILES string of the molecule is O=C1NCCc2cc(F)cc(OCc3ccccc3)c21. The minimum atomic E-state index is -0.374. The van der Waals surface area contributed by atoms with E-state index in [4.69, 9.17) is 4.74 Å². The van der Waals surface area contributed by atoms with Gasteiger partial charge in [-0.05, 0) is 23.6 Å². The number of halogens is 1. The number of fused-ring (bicyclic) bond motifs is 1. The van der Waals surface area contributed by atoms with Crippen LogP contribution in [0.3, 0.4) is 0 Å². The summed E-state index contributed by atoms with van der Waals surface area (Å²) in [4.78, 5) is 11.9. The molecule has 1 heterocycles. The van der Waals surface area contributed by atoms with Crippen molar-refractivity contribution in [2.45, 2.75) is 13.0 Å². The highest BCUT2D eigenvalue weighted by Crippen LogP contribution is 2.27. The normalized spacial score (nSPS) is 13.6. The number of ether oxygens (including phenoxy) is 1. The van der Waals surface area contributed by atoms with E-state index < -0.39 is 0 Å². The molecule has 102 valence electrons. The van der Waals surface area contributed by atoms with Crippen molar-refractivity contribution < 1.29 is 13.9 Å². The molecule has 0 spiro atoms. The van der Waals surface area contributed by atoms with Gasteiger partial charge >= 0.3 is 0 Å². The fraction of sp³-hybridized carbons (Fsp3) is 0.188. The third kappa shape index (κ3) is 2.50. The van der Waals surface area contributed by atoms with Gasteiger partial charge in [-0.15, -0.1) is 0 Å². The number of nitrogens with one attached hydrogen (secondary N) is 1. The Hall–Kier alpha value is -2.36. The largest absolute Gasteiger partial charge is 0.488 e. The van der Waals surface area contributed by atoms with Crippen molar-refractivity contribution in [2.75, 3.05) is 6.54 Å². The lowest BCUT2D eigenvalue weighted by molar-refractivity contribution is 0.0941. The Labute approximate surface area is 116 Å². The van der Waals surface area contributed by atoms with Crippen molar-refractivity contribution in [3.63, 3.8) is 0 Å². The van der Waals surface area contributed by atoms with Crippen LogP contribution in [0.1, 0.15) is 21.5 Å². The van der Waals surface area contributed by atoms with Crippen molar-refractivity contribution in [1.82, 2.24) is 5.32 Å². The maximum Gasteiger partial charge on any atom is 0.255 e. The summed E-state index contributed by atoms with van der Waals surface area (Å²) in [6.07, 6.45) is 0.626. The van der Waals surface area contributed by atoms with E-state index in [2.05, 4.69) is 5.32 Å². The molecule has 1 aliphatic heterocycles. The molecule has 0 aromatic heterocycles. The van der Waals surface area contributed by atoms with E-state index in [0.29, 0.717) is 36.4 Å². The molecule has 0 bridgehead atoms. The average Bonchev–Trinajstić information content (AvgIpc) is 2.45. The second-order valence-corrected chi connectivity index (χ2v) is 4.72. The Morgan fingerprint density at radius 2 is 2.00 bits per heavy atom. The molecule has 3 rings (SSSR count). The first-order valence-electron chi connectivity index (χ1n) is 6.51. The van der Waals surface area contributed by atoms with Gasteiger partial charge in [-0.3, -0.25) is 4.79 Å². The summed E-state index contributed by atoms with van der Waals surface area (Å²) in [5.41, 5.74) is 2.13. The lowest BCUT2D eigenvalue weighted by Crippen LogP contribution is -2.32. The number of amides is 1. The molecule has 2 aromatic rings. The van der Waals surface area contributed by atoms with Crippen molar-refractivity contribution in [2.24, 2.45) is 0 Å². The fourth-order valence-electron chi connectivity index (χ4n) is 2.34. The predicted octanol–water partition coefficient (Wildman–Crippen LogP) is 2.69. The highest BCUT2D eigenvalue weighted by atomic mass is 19.1. The maximum atomic E-state index is 13.6. The van der Waals surface area contributed by atoms with Crippen molar-refractivity contribution in [3.05, 3.63) is 65.0 Å². The van der Waals surface area contributed by atoms with Crippen LogP contribution in [0.5, 0.6) is 5.75 Å². The summed E-state index contributed by atoms with van der Waals surface area (Å²) in [6, 6.07) is 12.3. The van der Waals surface area contributed by atoms with Gasteiger partial charge in [0.05, 0.1) is 5.56 Å². The van der Waals surface area contributed by atoms with Crippen LogP contribution in [0.2, 0.25) is 0 Å². The second kappa shape index (κ2) is 5.33. The van der Waals surface area contributed by atoms with Crippen molar-refractivity contribution in [3.8, 4) is 5.75 Å². The maximum absolute atomic E-state index is 13.6. The monoisotopic (exact) mass is 271 g/mol. The van der Waals surface area contributed by atoms with Crippen LogP contribution in [0.25, 0.3) is 0 Å². The molecular weight excluding hydrogens is 257 g/mol. The molecule has 0 atom stereocenters. The summed E-state index contributed by atoms with van der Waals surface area (Å²) in [5.74, 6) is -0.267. The molecule has 0 saturated carbocycles. The Bertz CT molecular complexity index is 640. The van der Waals surface area contributed by atoms with E-state index in [1.165, 1.54) is 12.1 Å². The molecule has 0 radical (unpaired) electrons. The zero-order valence-corrected chi connectivity index (χ0v) is 10.9. The molecule has 2 aromatic carbocycles. The van der Waals surface area contributed by atoms with Crippen LogP contribution in [-0.2, 0) is 13.0 Å². The summed E-state index contributed by atoms with van der Waals surface area (Å²) >= 11 is 0. The van der Waals surface area contributed by atoms with Crippen molar-refractivity contribution in [1.29, 1.82) is 0 Å². The van der Waals surface area contributed by atoms with Gasteiger partial charge in [-0.1, -0.05) is 30.3 Å². The lowest BCUT2D eigenvalue weighted by Gasteiger charge is -2.20. The number of carbonyl (C=O) groups excluding carboxylic acids is 1. The second-order valence-electron chi connectivity index (χ2n) is 4.72. The zero-order chi connectivity index (χ0) is 13.9. The zero-order valence-electron chi connectivity index (χ0n) is 10.9. The van der Waals surface area contributed by atoms with E-state index in [0.717, 1.165) is 5.56 Å². The van der Waals surface area contributed by atoms with Crippen LogP contribution in [0, 0.1) is 5.82 Å². The number of hydrogen-bond donors (Lipinski definition) is 1. The van der Waals surface area contributed by atoms with Gasteiger partial charge in [-0.2, -0.15) is 0 Å². The van der Waals surface area contributed by atoms with Gasteiger partial charge in [0, 0.05) is 12.6 Å². The topological polar surface area (TPSA) is 38.3 Å². The lowest BCUT2D eigenvalue weighted by atomic mass is 9.99. The molecule has 1 aliphatic rings. The number of benzene rings is 2. The van der Waals surface area contributed by atoms with E-state index in [1.54, 1.807) is 0 Å². The van der Waals surface area contributed by atoms with Gasteiger partial charge in [0.1, 0.15) is 18.2 Å². The van der Waals surface area contributed by atoms with Gasteiger partial charge in [0.15, 0.2) is 0 Å². The summed E-state index contributed by atoms with van der Waals surface area (Å²) in [7, 11) is 0. The molecule has 0 aliphatic carbocycles. The smallest absolute Gasteiger partial charge is 0.255 e. The molecule has 0 unspecified atom stereocenters. The van der Waals surface area contributed by atoms with Gasteiger partial charge in [-0.25, -0.2) is 4.39 Å². The Morgan fingerprint density at radius 1 is 1.20 bits per heavy atom. The minimum Gasteiger partial charge on any atom is -0.488 e. The highest BCUT2D eigenvalue weighted by Gasteiger charge is 2.22. The van der Waals surface area contributed by atoms with Crippen LogP contribution in [-0.4, -0.2) is 12.5 Å². The van der Waals surface area contributed by atoms with E-state index >= 15 is 0 Å². The third-order valence-corrected chi connectivity index (χ3v) is 3.29. The summed E-state index contributed by atoms with van der Waals surface area (Å²) in [6.45, 7) is 0.845. The molecule has 1 amide bonds. The summed E-state index contributed by atoms with van der Waals surface area (Å²) < 4.78 is 19.2. The average molecular weight is 271 g/mol. The highest BCUT2D eigenvalue weighted by molar-refractivity contribution is 5.99. The molecular formula is C16H14FNO2. The number of rotatable bonds is 3. The molecule has 3 nitrogen and oxygen atoms in total. The first kappa shape index (κ1) is 12.7. The van der Waals surface area contributed by atoms with E-state index in [1.807, 2.05) is 30.3 Å². The van der Waals surface area contributed by atoms with Crippen molar-refractivity contribution >= 4 is 5.91 Å². The van der Waals surface area contributed by atoms with E-state index in [-0.39, 0.29) is 11.7 Å². The fourth-order valence-corrected chi connectivity index (χ4v) is 2.34. The predicted molar refractivity (Wildman–Crippen MR) is 73.2 cm³/mol. The van der Waals surface area contributed by atoms with Gasteiger partial charge in [0.2, 0.25) is 0 Å². The van der Waals surface area contributed by atoms with Crippen LogP contribution < -0.4 is 10.1 Å². The standard InChI is InChI=1S/C16H14FNO2/c17-13-8-12-6-7-18-16(19)15(12)14(9-13)20-10-11-4-2-1-3-5-11/h1-5,8-9H,6-7,10H2,(H,18,19). The van der Waals surface area contributed by atoms with E-state index in [9.17, 15) is 9.18 Å². The molecule has 20 heavy (non-hydrogen) atoms. The number of hydrogen-bond acceptors (Lipinski definition) is 2. The Morgan fingerprint density at radius 3 is 2.80 bits per heavy atom. The molecule has 0 fully saturated rings.